The van der Waals surface area contributed by atoms with Crippen LogP contribution in [-0.4, -0.2) is 85.7 Å². The molecule has 10 heteroatoms. The van der Waals surface area contributed by atoms with E-state index in [2.05, 4.69) is 59.1 Å². The van der Waals surface area contributed by atoms with Crippen LogP contribution in [0.4, 0.5) is 11.4 Å². The molecule has 9 nitrogen and oxygen atoms in total. The van der Waals surface area contributed by atoms with Crippen molar-refractivity contribution in [3.05, 3.63) is 71.4 Å². The lowest BCUT2D eigenvalue weighted by Crippen LogP contribution is -2.50. The number of para-hydroxylation sites is 1. The van der Waals surface area contributed by atoms with E-state index in [1.54, 1.807) is 11.9 Å². The smallest absolute Gasteiger partial charge is 0.263 e. The van der Waals surface area contributed by atoms with Crippen LogP contribution < -0.4 is 9.80 Å². The first-order chi connectivity index (χ1) is 17.7. The van der Waals surface area contributed by atoms with Crippen LogP contribution in [-0.2, 0) is 17.1 Å². The van der Waals surface area contributed by atoms with Crippen molar-refractivity contribution in [1.29, 1.82) is 0 Å². The Bertz CT molecular complexity index is 1370. The van der Waals surface area contributed by atoms with Gasteiger partial charge in [-0.15, -0.1) is 0 Å². The van der Waals surface area contributed by atoms with Crippen LogP contribution in [0.2, 0.25) is 0 Å². The van der Waals surface area contributed by atoms with Crippen LogP contribution >= 0.6 is 0 Å². The van der Waals surface area contributed by atoms with Crippen LogP contribution in [0.5, 0.6) is 0 Å². The molecular weight excluding hydrogens is 488 g/mol. The van der Waals surface area contributed by atoms with Crippen LogP contribution in [0.15, 0.2) is 59.8 Å². The summed E-state index contributed by atoms with van der Waals surface area (Å²) in [5.41, 5.74) is 4.76. The van der Waals surface area contributed by atoms with Crippen molar-refractivity contribution in [1.82, 2.24) is 19.0 Å². The number of anilines is 2. The molecule has 2 fully saturated rings. The molecule has 2 saturated heterocycles. The Balaban J connectivity index is 1.29. The van der Waals surface area contributed by atoms with Gasteiger partial charge in [-0.25, -0.2) is 8.42 Å². The summed E-state index contributed by atoms with van der Waals surface area (Å²) >= 11 is 0. The number of hydrogen-bond donors (Lipinski definition) is 0. The highest BCUT2D eigenvalue weighted by atomic mass is 32.2. The molecule has 2 aliphatic rings. The molecule has 37 heavy (non-hydrogen) atoms. The van der Waals surface area contributed by atoms with Gasteiger partial charge in [-0.2, -0.15) is 9.40 Å². The summed E-state index contributed by atoms with van der Waals surface area (Å²) in [6.45, 7) is 8.42. The molecule has 0 unspecified atom stereocenters. The number of aryl methyl sites for hydroxylation is 3. The predicted molar refractivity (Wildman–Crippen MR) is 145 cm³/mol. The zero-order valence-corrected chi connectivity index (χ0v) is 22.5. The second-order valence-electron chi connectivity index (χ2n) is 9.82. The van der Waals surface area contributed by atoms with Crippen molar-refractivity contribution in [3.63, 3.8) is 0 Å². The number of aromatic nitrogens is 2. The van der Waals surface area contributed by atoms with Gasteiger partial charge in [0.2, 0.25) is 5.03 Å². The van der Waals surface area contributed by atoms with Crippen LogP contribution in [0.1, 0.15) is 21.5 Å². The molecular formula is C27H34N6O3S. The molecule has 0 N–H and O–H groups in total. The number of piperazine rings is 2. The Labute approximate surface area is 218 Å². The minimum atomic E-state index is -3.92. The summed E-state index contributed by atoms with van der Waals surface area (Å²) in [5.74, 6) is -0.284. The average Bonchev–Trinajstić information content (AvgIpc) is 3.33. The second kappa shape index (κ2) is 10.2. The normalized spacial score (nSPS) is 17.3. The molecule has 0 spiro atoms. The summed E-state index contributed by atoms with van der Waals surface area (Å²) in [4.78, 5) is 19.7. The van der Waals surface area contributed by atoms with Gasteiger partial charge in [-0.3, -0.25) is 9.48 Å². The minimum absolute atomic E-state index is 0.146. The van der Waals surface area contributed by atoms with Gasteiger partial charge in [0.05, 0.1) is 5.56 Å². The van der Waals surface area contributed by atoms with E-state index in [-0.39, 0.29) is 16.5 Å². The number of benzene rings is 2. The second-order valence-corrected chi connectivity index (χ2v) is 11.7. The highest BCUT2D eigenvalue weighted by Gasteiger charge is 2.36. The third kappa shape index (κ3) is 5.08. The van der Waals surface area contributed by atoms with E-state index >= 15 is 0 Å². The summed E-state index contributed by atoms with van der Waals surface area (Å²) in [6.07, 6.45) is 1.53. The van der Waals surface area contributed by atoms with E-state index in [4.69, 9.17) is 0 Å². The zero-order valence-electron chi connectivity index (χ0n) is 21.7. The molecule has 0 radical (unpaired) electrons. The fraction of sp³-hybridized carbons (Fsp3) is 0.407. The number of nitrogens with zero attached hydrogens (tertiary/aromatic N) is 6. The van der Waals surface area contributed by atoms with E-state index in [9.17, 15) is 13.2 Å². The Kier molecular flexibility index (Phi) is 6.96. The Morgan fingerprint density at radius 2 is 1.49 bits per heavy atom. The number of carbonyl (C=O) groups is 1. The number of sulfonamides is 1. The lowest BCUT2D eigenvalue weighted by atomic mass is 10.1. The van der Waals surface area contributed by atoms with Crippen molar-refractivity contribution < 1.29 is 13.2 Å². The number of carbonyl (C=O) groups excluding carboxylic acids is 1. The molecule has 1 aromatic heterocycles. The van der Waals surface area contributed by atoms with Crippen molar-refractivity contribution >= 4 is 27.3 Å². The number of hydrogen-bond acceptors (Lipinski definition) is 6. The first-order valence-electron chi connectivity index (χ1n) is 12.7. The van der Waals surface area contributed by atoms with Crippen molar-refractivity contribution in [2.45, 2.75) is 18.9 Å². The maximum absolute atomic E-state index is 13.7. The summed E-state index contributed by atoms with van der Waals surface area (Å²) < 4.78 is 30.2. The van der Waals surface area contributed by atoms with E-state index in [1.165, 1.54) is 26.3 Å². The average molecular weight is 523 g/mol. The minimum Gasteiger partial charge on any atom is -0.369 e. The van der Waals surface area contributed by atoms with Crippen molar-refractivity contribution in [2.75, 3.05) is 62.2 Å². The van der Waals surface area contributed by atoms with Gasteiger partial charge in [-0.1, -0.05) is 30.3 Å². The highest BCUT2D eigenvalue weighted by molar-refractivity contribution is 7.89. The van der Waals surface area contributed by atoms with Gasteiger partial charge < -0.3 is 14.7 Å². The topological polar surface area (TPSA) is 82.0 Å². The van der Waals surface area contributed by atoms with E-state index in [0.29, 0.717) is 52.4 Å². The van der Waals surface area contributed by atoms with Gasteiger partial charge in [0, 0.05) is 77.0 Å². The van der Waals surface area contributed by atoms with Crippen LogP contribution in [0.25, 0.3) is 0 Å². The fourth-order valence-corrected chi connectivity index (χ4v) is 6.67. The lowest BCUT2D eigenvalue weighted by molar-refractivity contribution is 0.0742. The number of amides is 1. The molecule has 1 amide bonds. The van der Waals surface area contributed by atoms with Gasteiger partial charge >= 0.3 is 0 Å². The van der Waals surface area contributed by atoms with Gasteiger partial charge in [0.25, 0.3) is 15.9 Å². The van der Waals surface area contributed by atoms with Gasteiger partial charge in [-0.05, 0) is 43.2 Å². The SMILES string of the molecule is Cc1ccc(C)c(N2CCN(S(=O)(=O)c3nn(C)cc3C(=O)N3CCN(c4ccccc4)CC3)CC2)c1. The van der Waals surface area contributed by atoms with Gasteiger partial charge in [0.1, 0.15) is 0 Å². The summed E-state index contributed by atoms with van der Waals surface area (Å²) in [7, 11) is -2.26. The Morgan fingerprint density at radius 1 is 0.838 bits per heavy atom. The van der Waals surface area contributed by atoms with Gasteiger partial charge in [0.15, 0.2) is 0 Å². The summed E-state index contributed by atoms with van der Waals surface area (Å²) in [6, 6.07) is 16.4. The first kappa shape index (κ1) is 25.3. The molecule has 3 aromatic rings. The van der Waals surface area contributed by atoms with Crippen LogP contribution in [0, 0.1) is 13.8 Å². The van der Waals surface area contributed by atoms with Crippen molar-refractivity contribution in [2.24, 2.45) is 7.05 Å². The lowest BCUT2D eigenvalue weighted by Gasteiger charge is -2.37. The third-order valence-electron chi connectivity index (χ3n) is 7.24. The van der Waals surface area contributed by atoms with Crippen LogP contribution in [0.3, 0.4) is 0 Å². The molecule has 0 aliphatic carbocycles. The molecule has 2 aliphatic heterocycles. The number of rotatable bonds is 5. The molecule has 0 bridgehead atoms. The fourth-order valence-electron chi connectivity index (χ4n) is 5.13. The predicted octanol–water partition coefficient (Wildman–Crippen LogP) is 2.51. The van der Waals surface area contributed by atoms with E-state index < -0.39 is 10.0 Å². The maximum Gasteiger partial charge on any atom is 0.263 e. The van der Waals surface area contributed by atoms with E-state index in [1.807, 2.05) is 18.2 Å². The summed E-state index contributed by atoms with van der Waals surface area (Å²) in [5, 5.41) is 4.11. The molecule has 2 aromatic carbocycles. The maximum atomic E-state index is 13.7. The first-order valence-corrected chi connectivity index (χ1v) is 14.1. The zero-order chi connectivity index (χ0) is 26.2. The quantitative estimate of drug-likeness (QED) is 0.512. The molecule has 3 heterocycles. The molecule has 196 valence electrons. The molecule has 0 saturated carbocycles. The largest absolute Gasteiger partial charge is 0.369 e. The standard InChI is InChI=1S/C27H34N6O3S/c1-21-9-10-22(2)25(19-21)31-15-17-33(18-16-31)37(35,36)26-24(20-29(3)28-26)27(34)32-13-11-30(12-14-32)23-7-5-4-6-8-23/h4-10,19-20H,11-18H2,1-3H3. The molecule has 0 atom stereocenters. The Morgan fingerprint density at radius 3 is 2.16 bits per heavy atom. The highest BCUT2D eigenvalue weighted by Crippen LogP contribution is 2.26. The Hall–Kier alpha value is -3.37. The van der Waals surface area contributed by atoms with E-state index in [0.717, 1.165) is 11.4 Å². The third-order valence-corrected chi connectivity index (χ3v) is 9.08. The molecule has 5 rings (SSSR count). The monoisotopic (exact) mass is 522 g/mol. The van der Waals surface area contributed by atoms with Crippen molar-refractivity contribution in [3.8, 4) is 0 Å².